The van der Waals surface area contributed by atoms with Crippen LogP contribution in [0.5, 0.6) is 0 Å². The molecular formula is C16H15NO4. The number of carbonyl (C=O) groups excluding carboxylic acids is 2. The number of amides is 1. The number of carbonyl (C=O) groups is 2. The summed E-state index contributed by atoms with van der Waals surface area (Å²) in [7, 11) is 1.26. The number of rotatable bonds is 4. The first-order valence-corrected chi connectivity index (χ1v) is 6.34. The van der Waals surface area contributed by atoms with Gasteiger partial charge in [-0.2, -0.15) is 0 Å². The maximum atomic E-state index is 12.1. The Hall–Kier alpha value is -2.66. The average molecular weight is 285 g/mol. The van der Waals surface area contributed by atoms with Crippen LogP contribution in [0, 0.1) is 0 Å². The molecule has 2 aromatic rings. The topological polar surface area (TPSA) is 75.6 Å². The molecule has 1 unspecified atom stereocenters. The minimum absolute atomic E-state index is 0.230. The lowest BCUT2D eigenvalue weighted by Gasteiger charge is -2.13. The van der Waals surface area contributed by atoms with Gasteiger partial charge >= 0.3 is 5.97 Å². The minimum atomic E-state index is -1.31. The summed E-state index contributed by atoms with van der Waals surface area (Å²) in [4.78, 5) is 23.7. The number of anilines is 1. The van der Waals surface area contributed by atoms with Crippen LogP contribution in [0.15, 0.2) is 54.6 Å². The Morgan fingerprint density at radius 1 is 1.05 bits per heavy atom. The van der Waals surface area contributed by atoms with Gasteiger partial charge in [-0.05, 0) is 17.7 Å². The Bertz CT molecular complexity index is 640. The molecule has 21 heavy (non-hydrogen) atoms. The van der Waals surface area contributed by atoms with Crippen molar-refractivity contribution in [2.75, 3.05) is 12.4 Å². The van der Waals surface area contributed by atoms with Crippen LogP contribution in [0.3, 0.4) is 0 Å². The van der Waals surface area contributed by atoms with Gasteiger partial charge < -0.3 is 15.2 Å². The van der Waals surface area contributed by atoms with E-state index in [9.17, 15) is 14.7 Å². The normalized spacial score (nSPS) is 11.5. The number of nitrogens with one attached hydrogen (secondary N) is 1. The lowest BCUT2D eigenvalue weighted by molar-refractivity contribution is -0.124. The van der Waals surface area contributed by atoms with Crippen molar-refractivity contribution in [2.45, 2.75) is 6.10 Å². The van der Waals surface area contributed by atoms with Crippen molar-refractivity contribution >= 4 is 17.6 Å². The Balaban J connectivity index is 2.19. The van der Waals surface area contributed by atoms with Gasteiger partial charge in [0.2, 0.25) is 0 Å². The molecule has 5 heteroatoms. The zero-order chi connectivity index (χ0) is 15.2. The number of benzene rings is 2. The van der Waals surface area contributed by atoms with Crippen molar-refractivity contribution in [3.05, 3.63) is 65.7 Å². The Morgan fingerprint density at radius 3 is 2.33 bits per heavy atom. The van der Waals surface area contributed by atoms with Gasteiger partial charge in [0.1, 0.15) is 0 Å². The molecule has 2 rings (SSSR count). The third-order valence-electron chi connectivity index (χ3n) is 2.95. The monoisotopic (exact) mass is 285 g/mol. The van der Waals surface area contributed by atoms with Crippen molar-refractivity contribution < 1.29 is 19.4 Å². The van der Waals surface area contributed by atoms with E-state index in [1.807, 2.05) is 0 Å². The SMILES string of the molecule is COC(=O)c1ccccc1NC(=O)C(O)c1ccccc1. The lowest BCUT2D eigenvalue weighted by atomic mass is 10.1. The largest absolute Gasteiger partial charge is 0.465 e. The fourth-order valence-electron chi connectivity index (χ4n) is 1.87. The summed E-state index contributed by atoms with van der Waals surface area (Å²) in [5, 5.41) is 12.5. The quantitative estimate of drug-likeness (QED) is 0.844. The molecule has 0 fully saturated rings. The number of hydrogen-bond acceptors (Lipinski definition) is 4. The van der Waals surface area contributed by atoms with E-state index >= 15 is 0 Å². The molecule has 0 saturated carbocycles. The lowest BCUT2D eigenvalue weighted by Crippen LogP contribution is -2.22. The van der Waals surface area contributed by atoms with Crippen LogP contribution in [0.2, 0.25) is 0 Å². The van der Waals surface area contributed by atoms with Gasteiger partial charge in [0.25, 0.3) is 5.91 Å². The third kappa shape index (κ3) is 3.46. The number of esters is 1. The zero-order valence-electron chi connectivity index (χ0n) is 11.4. The maximum Gasteiger partial charge on any atom is 0.339 e. The van der Waals surface area contributed by atoms with Crippen LogP contribution in [0.4, 0.5) is 5.69 Å². The molecule has 0 spiro atoms. The summed E-state index contributed by atoms with van der Waals surface area (Å²) in [5.74, 6) is -1.17. The second-order valence-corrected chi connectivity index (χ2v) is 4.34. The van der Waals surface area contributed by atoms with E-state index in [4.69, 9.17) is 0 Å². The fraction of sp³-hybridized carbons (Fsp3) is 0.125. The van der Waals surface area contributed by atoms with Gasteiger partial charge in [-0.1, -0.05) is 42.5 Å². The first-order chi connectivity index (χ1) is 10.1. The van der Waals surface area contributed by atoms with Gasteiger partial charge in [0.05, 0.1) is 18.4 Å². The molecule has 0 aliphatic heterocycles. The molecule has 108 valence electrons. The first kappa shape index (κ1) is 14.7. The molecule has 0 saturated heterocycles. The summed E-state index contributed by atoms with van der Waals surface area (Å²) in [6, 6.07) is 15.0. The molecule has 0 radical (unpaired) electrons. The molecule has 2 N–H and O–H groups in total. The molecule has 2 aromatic carbocycles. The molecule has 0 aliphatic carbocycles. The molecule has 0 aliphatic rings. The molecule has 5 nitrogen and oxygen atoms in total. The second-order valence-electron chi connectivity index (χ2n) is 4.34. The number of hydrogen-bond donors (Lipinski definition) is 2. The standard InChI is InChI=1S/C16H15NO4/c1-21-16(20)12-9-5-6-10-13(12)17-15(19)14(18)11-7-3-2-4-8-11/h2-10,14,18H,1H3,(H,17,19). The molecule has 1 amide bonds. The third-order valence-corrected chi connectivity index (χ3v) is 2.95. The van der Waals surface area contributed by atoms with E-state index in [-0.39, 0.29) is 5.56 Å². The van der Waals surface area contributed by atoms with Crippen LogP contribution in [0.25, 0.3) is 0 Å². The number of methoxy groups -OCH3 is 1. The van der Waals surface area contributed by atoms with Crippen molar-refractivity contribution in [1.82, 2.24) is 0 Å². The molecular weight excluding hydrogens is 270 g/mol. The first-order valence-electron chi connectivity index (χ1n) is 6.34. The highest BCUT2D eigenvalue weighted by Crippen LogP contribution is 2.19. The predicted octanol–water partition coefficient (Wildman–Crippen LogP) is 2.15. The van der Waals surface area contributed by atoms with E-state index < -0.39 is 18.0 Å². The van der Waals surface area contributed by atoms with Crippen LogP contribution >= 0.6 is 0 Å². The summed E-state index contributed by atoms with van der Waals surface area (Å²) in [6.45, 7) is 0. The second kappa shape index (κ2) is 6.67. The van der Waals surface area contributed by atoms with Crippen LogP contribution in [0.1, 0.15) is 22.0 Å². The van der Waals surface area contributed by atoms with Crippen molar-refractivity contribution in [2.24, 2.45) is 0 Å². The highest BCUT2D eigenvalue weighted by molar-refractivity contribution is 6.02. The molecule has 0 aromatic heterocycles. The predicted molar refractivity (Wildman–Crippen MR) is 77.8 cm³/mol. The number of para-hydroxylation sites is 1. The van der Waals surface area contributed by atoms with E-state index in [2.05, 4.69) is 10.1 Å². The van der Waals surface area contributed by atoms with E-state index in [1.54, 1.807) is 48.5 Å². The minimum Gasteiger partial charge on any atom is -0.465 e. The number of aliphatic hydroxyl groups is 1. The highest BCUT2D eigenvalue weighted by Gasteiger charge is 2.19. The average Bonchev–Trinajstić information content (AvgIpc) is 2.54. The van der Waals surface area contributed by atoms with Gasteiger partial charge in [0, 0.05) is 0 Å². The highest BCUT2D eigenvalue weighted by atomic mass is 16.5. The summed E-state index contributed by atoms with van der Waals surface area (Å²) in [6.07, 6.45) is -1.31. The van der Waals surface area contributed by atoms with Crippen LogP contribution in [-0.2, 0) is 9.53 Å². The molecule has 0 bridgehead atoms. The Labute approximate surface area is 122 Å². The summed E-state index contributed by atoms with van der Waals surface area (Å²) < 4.78 is 4.65. The smallest absolute Gasteiger partial charge is 0.339 e. The van der Waals surface area contributed by atoms with E-state index in [1.165, 1.54) is 13.2 Å². The van der Waals surface area contributed by atoms with Crippen molar-refractivity contribution in [3.8, 4) is 0 Å². The number of aliphatic hydroxyl groups excluding tert-OH is 1. The maximum absolute atomic E-state index is 12.1. The van der Waals surface area contributed by atoms with Crippen LogP contribution in [-0.4, -0.2) is 24.1 Å². The number of ether oxygens (including phenoxy) is 1. The van der Waals surface area contributed by atoms with Gasteiger partial charge in [-0.25, -0.2) is 4.79 Å². The summed E-state index contributed by atoms with van der Waals surface area (Å²) >= 11 is 0. The molecule has 0 heterocycles. The van der Waals surface area contributed by atoms with E-state index in [0.29, 0.717) is 11.3 Å². The van der Waals surface area contributed by atoms with Crippen LogP contribution < -0.4 is 5.32 Å². The zero-order valence-corrected chi connectivity index (χ0v) is 11.4. The van der Waals surface area contributed by atoms with Crippen molar-refractivity contribution in [1.29, 1.82) is 0 Å². The fourth-order valence-corrected chi connectivity index (χ4v) is 1.87. The van der Waals surface area contributed by atoms with Gasteiger partial charge in [-0.15, -0.1) is 0 Å². The van der Waals surface area contributed by atoms with Gasteiger partial charge in [-0.3, -0.25) is 4.79 Å². The molecule has 1 atom stereocenters. The van der Waals surface area contributed by atoms with E-state index in [0.717, 1.165) is 0 Å². The van der Waals surface area contributed by atoms with Gasteiger partial charge in [0.15, 0.2) is 6.10 Å². The Kier molecular flexibility index (Phi) is 4.68. The van der Waals surface area contributed by atoms with Crippen molar-refractivity contribution in [3.63, 3.8) is 0 Å². The summed E-state index contributed by atoms with van der Waals surface area (Å²) in [5.41, 5.74) is 1.00. The Morgan fingerprint density at radius 2 is 1.67 bits per heavy atom.